The zero-order valence-corrected chi connectivity index (χ0v) is 11.8. The standard InChI is InChI=1S/C17H14N2O2/c1-10-3-4-12(11(2)5-10)6-14-13(8-18)7-16(20)17(21)15(14)9-19/h3-5,7,20-21H,6H2,1-2H3. The highest BCUT2D eigenvalue weighted by atomic mass is 16.3. The summed E-state index contributed by atoms with van der Waals surface area (Å²) < 4.78 is 0. The van der Waals surface area contributed by atoms with Crippen LogP contribution >= 0.6 is 0 Å². The average molecular weight is 278 g/mol. The minimum Gasteiger partial charge on any atom is -0.504 e. The third kappa shape index (κ3) is 2.66. The van der Waals surface area contributed by atoms with Crippen molar-refractivity contribution >= 4 is 0 Å². The van der Waals surface area contributed by atoms with Crippen molar-refractivity contribution in [3.8, 4) is 23.6 Å². The second kappa shape index (κ2) is 5.56. The van der Waals surface area contributed by atoms with E-state index in [1.165, 1.54) is 6.07 Å². The molecule has 2 N–H and O–H groups in total. The molecule has 0 radical (unpaired) electrons. The first kappa shape index (κ1) is 14.4. The maximum atomic E-state index is 9.81. The smallest absolute Gasteiger partial charge is 0.175 e. The Balaban J connectivity index is 2.61. The number of aromatic hydroxyl groups is 2. The van der Waals surface area contributed by atoms with Crippen molar-refractivity contribution in [1.29, 1.82) is 10.5 Å². The third-order valence-electron chi connectivity index (χ3n) is 3.48. The molecule has 4 nitrogen and oxygen atoms in total. The molecular weight excluding hydrogens is 264 g/mol. The van der Waals surface area contributed by atoms with Gasteiger partial charge in [0.1, 0.15) is 11.6 Å². The SMILES string of the molecule is Cc1ccc(Cc2c(C#N)cc(O)c(O)c2C#N)c(C)c1. The predicted molar refractivity (Wildman–Crippen MR) is 77.9 cm³/mol. The first-order chi connectivity index (χ1) is 9.97. The summed E-state index contributed by atoms with van der Waals surface area (Å²) in [7, 11) is 0. The van der Waals surface area contributed by atoms with Gasteiger partial charge in [-0.05, 0) is 30.5 Å². The molecule has 0 fully saturated rings. The molecule has 2 rings (SSSR count). The van der Waals surface area contributed by atoms with Gasteiger partial charge in [-0.15, -0.1) is 0 Å². The van der Waals surface area contributed by atoms with Gasteiger partial charge in [0.2, 0.25) is 0 Å². The van der Waals surface area contributed by atoms with Crippen LogP contribution in [0.2, 0.25) is 0 Å². The first-order valence-electron chi connectivity index (χ1n) is 6.42. The second-order valence-electron chi connectivity index (χ2n) is 4.98. The second-order valence-corrected chi connectivity index (χ2v) is 4.98. The van der Waals surface area contributed by atoms with Crippen molar-refractivity contribution < 1.29 is 10.2 Å². The van der Waals surface area contributed by atoms with Crippen molar-refractivity contribution in [2.45, 2.75) is 20.3 Å². The molecule has 0 aromatic heterocycles. The van der Waals surface area contributed by atoms with E-state index < -0.39 is 11.5 Å². The van der Waals surface area contributed by atoms with E-state index in [1.54, 1.807) is 0 Å². The number of hydrogen-bond acceptors (Lipinski definition) is 4. The molecular formula is C17H14N2O2. The van der Waals surface area contributed by atoms with Crippen LogP contribution in [0.4, 0.5) is 0 Å². The van der Waals surface area contributed by atoms with Crippen molar-refractivity contribution in [3.63, 3.8) is 0 Å². The summed E-state index contributed by atoms with van der Waals surface area (Å²) >= 11 is 0. The Morgan fingerprint density at radius 2 is 1.76 bits per heavy atom. The summed E-state index contributed by atoms with van der Waals surface area (Å²) in [4.78, 5) is 0. The fraction of sp³-hybridized carbons (Fsp3) is 0.176. The van der Waals surface area contributed by atoms with Crippen LogP contribution in [-0.4, -0.2) is 10.2 Å². The Labute approximate surface area is 123 Å². The molecule has 0 amide bonds. The van der Waals surface area contributed by atoms with Crippen LogP contribution in [-0.2, 0) is 6.42 Å². The number of benzene rings is 2. The van der Waals surface area contributed by atoms with Gasteiger partial charge in [0.05, 0.1) is 11.6 Å². The van der Waals surface area contributed by atoms with Crippen LogP contribution in [0.3, 0.4) is 0 Å². The molecule has 21 heavy (non-hydrogen) atoms. The Hall–Kier alpha value is -2.98. The third-order valence-corrected chi connectivity index (χ3v) is 3.48. The molecule has 2 aromatic carbocycles. The molecule has 104 valence electrons. The van der Waals surface area contributed by atoms with E-state index in [2.05, 4.69) is 0 Å². The molecule has 4 heteroatoms. The highest BCUT2D eigenvalue weighted by molar-refractivity contribution is 5.62. The Bertz CT molecular complexity index is 796. The number of rotatable bonds is 2. The Morgan fingerprint density at radius 3 is 2.33 bits per heavy atom. The number of nitriles is 2. The summed E-state index contributed by atoms with van der Waals surface area (Å²) in [5, 5.41) is 37.8. The van der Waals surface area contributed by atoms with Gasteiger partial charge in [-0.25, -0.2) is 0 Å². The largest absolute Gasteiger partial charge is 0.504 e. The van der Waals surface area contributed by atoms with Crippen molar-refractivity contribution in [3.05, 3.63) is 57.6 Å². The topological polar surface area (TPSA) is 88.0 Å². The maximum absolute atomic E-state index is 9.81. The van der Waals surface area contributed by atoms with Gasteiger partial charge in [0, 0.05) is 12.5 Å². The van der Waals surface area contributed by atoms with Gasteiger partial charge in [0.25, 0.3) is 0 Å². The number of hydrogen-bond donors (Lipinski definition) is 2. The van der Waals surface area contributed by atoms with Crippen molar-refractivity contribution in [2.24, 2.45) is 0 Å². The van der Waals surface area contributed by atoms with Gasteiger partial charge in [-0.3, -0.25) is 0 Å². The summed E-state index contributed by atoms with van der Waals surface area (Å²) in [5.74, 6) is -0.927. The van der Waals surface area contributed by atoms with E-state index >= 15 is 0 Å². The minimum absolute atomic E-state index is 0.0495. The average Bonchev–Trinajstić information content (AvgIpc) is 2.45. The molecule has 0 saturated carbocycles. The van der Waals surface area contributed by atoms with Crippen LogP contribution in [0.25, 0.3) is 0 Å². The molecule has 0 aliphatic heterocycles. The van der Waals surface area contributed by atoms with Gasteiger partial charge in [0.15, 0.2) is 11.5 Å². The fourth-order valence-corrected chi connectivity index (χ4v) is 2.34. The van der Waals surface area contributed by atoms with Crippen LogP contribution < -0.4 is 0 Å². The van der Waals surface area contributed by atoms with E-state index in [4.69, 9.17) is 0 Å². The normalized spacial score (nSPS) is 9.90. The van der Waals surface area contributed by atoms with E-state index in [0.717, 1.165) is 16.7 Å². The molecule has 0 saturated heterocycles. The van der Waals surface area contributed by atoms with Crippen molar-refractivity contribution in [1.82, 2.24) is 0 Å². The van der Waals surface area contributed by atoms with Crippen molar-refractivity contribution in [2.75, 3.05) is 0 Å². The lowest BCUT2D eigenvalue weighted by Crippen LogP contribution is -2.00. The van der Waals surface area contributed by atoms with Crippen LogP contribution in [0.5, 0.6) is 11.5 Å². The number of phenolic OH excluding ortho intramolecular Hbond substituents is 2. The number of nitrogens with zero attached hydrogens (tertiary/aromatic N) is 2. The molecule has 0 aliphatic carbocycles. The predicted octanol–water partition coefficient (Wildman–Crippen LogP) is 3.05. The molecule has 0 spiro atoms. The zero-order valence-electron chi connectivity index (χ0n) is 11.8. The van der Waals surface area contributed by atoms with E-state index in [1.807, 2.05) is 44.2 Å². The highest BCUT2D eigenvalue weighted by Gasteiger charge is 2.18. The summed E-state index contributed by atoms with van der Waals surface area (Å²) in [5.41, 5.74) is 3.73. The maximum Gasteiger partial charge on any atom is 0.175 e. The van der Waals surface area contributed by atoms with Gasteiger partial charge in [-0.2, -0.15) is 10.5 Å². The van der Waals surface area contributed by atoms with Gasteiger partial charge < -0.3 is 10.2 Å². The van der Waals surface area contributed by atoms with Gasteiger partial charge in [-0.1, -0.05) is 23.8 Å². The van der Waals surface area contributed by atoms with E-state index in [9.17, 15) is 20.7 Å². The molecule has 0 unspecified atom stereocenters. The van der Waals surface area contributed by atoms with Crippen LogP contribution in [0.1, 0.15) is 33.4 Å². The Morgan fingerprint density at radius 1 is 1.05 bits per heavy atom. The number of phenols is 2. The summed E-state index contributed by atoms with van der Waals surface area (Å²) in [6.45, 7) is 3.95. The van der Waals surface area contributed by atoms with Crippen LogP contribution in [0, 0.1) is 36.5 Å². The lowest BCUT2D eigenvalue weighted by atomic mass is 9.92. The molecule has 0 atom stereocenters. The van der Waals surface area contributed by atoms with E-state index in [0.29, 0.717) is 12.0 Å². The highest BCUT2D eigenvalue weighted by Crippen LogP contribution is 2.34. The van der Waals surface area contributed by atoms with Crippen LogP contribution in [0.15, 0.2) is 24.3 Å². The molecule has 0 aliphatic rings. The number of aryl methyl sites for hydroxylation is 2. The summed E-state index contributed by atoms with van der Waals surface area (Å²) in [6.07, 6.45) is 0.353. The Kier molecular flexibility index (Phi) is 3.82. The lowest BCUT2D eigenvalue weighted by Gasteiger charge is -2.12. The van der Waals surface area contributed by atoms with E-state index in [-0.39, 0.29) is 11.1 Å². The lowest BCUT2D eigenvalue weighted by molar-refractivity contribution is 0.402. The first-order valence-corrected chi connectivity index (χ1v) is 6.42. The van der Waals surface area contributed by atoms with Gasteiger partial charge >= 0.3 is 0 Å². The monoisotopic (exact) mass is 278 g/mol. The zero-order chi connectivity index (χ0) is 15.6. The summed E-state index contributed by atoms with van der Waals surface area (Å²) in [6, 6.07) is 10.9. The quantitative estimate of drug-likeness (QED) is 0.826. The fourth-order valence-electron chi connectivity index (χ4n) is 2.34. The minimum atomic E-state index is -0.476. The molecule has 2 aromatic rings. The molecule has 0 bridgehead atoms. The molecule has 0 heterocycles.